The first-order valence-electron chi connectivity index (χ1n) is 7.01. The van der Waals surface area contributed by atoms with E-state index in [0.717, 1.165) is 21.2 Å². The fourth-order valence-corrected chi connectivity index (χ4v) is 4.43. The molecule has 0 saturated heterocycles. The second-order valence-corrected chi connectivity index (χ2v) is 7.16. The number of rotatable bonds is 3. The van der Waals surface area contributed by atoms with Crippen LogP contribution >= 0.6 is 23.5 Å². The molecule has 2 aliphatic rings. The quantitative estimate of drug-likeness (QED) is 0.910. The summed E-state index contributed by atoms with van der Waals surface area (Å²) >= 11 is 3.48. The van der Waals surface area contributed by atoms with Gasteiger partial charge in [0.25, 0.3) is 0 Å². The molecule has 0 radical (unpaired) electrons. The molecule has 0 aliphatic carbocycles. The molecule has 22 heavy (non-hydrogen) atoms. The van der Waals surface area contributed by atoms with E-state index in [0.29, 0.717) is 0 Å². The predicted molar refractivity (Wildman–Crippen MR) is 95.0 cm³/mol. The molecule has 2 aromatic rings. The van der Waals surface area contributed by atoms with Crippen molar-refractivity contribution in [1.29, 1.82) is 0 Å². The average Bonchev–Trinajstić information content (AvgIpc) is 3.26. The fraction of sp³-hybridized carbons (Fsp3) is 0.125. The zero-order valence-electron chi connectivity index (χ0n) is 11.6. The number of hydrogen-bond acceptors (Lipinski definition) is 6. The van der Waals surface area contributed by atoms with Crippen LogP contribution in [0.15, 0.2) is 70.9 Å². The number of nitrogens with zero attached hydrogens (tertiary/aromatic N) is 2. The van der Waals surface area contributed by atoms with E-state index in [1.165, 1.54) is 0 Å². The third-order valence-electron chi connectivity index (χ3n) is 3.38. The van der Waals surface area contributed by atoms with Gasteiger partial charge in [0.05, 0.1) is 0 Å². The Balaban J connectivity index is 1.40. The van der Waals surface area contributed by atoms with Crippen molar-refractivity contribution >= 4 is 33.6 Å². The molecule has 0 saturated carbocycles. The molecule has 0 amide bonds. The minimum absolute atomic E-state index is 0.171. The molecule has 0 bridgehead atoms. The van der Waals surface area contributed by atoms with Gasteiger partial charge in [-0.2, -0.15) is 10.2 Å². The summed E-state index contributed by atoms with van der Waals surface area (Å²) in [6, 6.07) is 20.5. The Morgan fingerprint density at radius 1 is 0.636 bits per heavy atom. The predicted octanol–water partition coefficient (Wildman–Crippen LogP) is 3.04. The second kappa shape index (κ2) is 6.06. The van der Waals surface area contributed by atoms with Gasteiger partial charge in [0, 0.05) is 11.1 Å². The lowest BCUT2D eigenvalue weighted by molar-refractivity contribution is 0.600. The fourth-order valence-electron chi connectivity index (χ4n) is 2.28. The van der Waals surface area contributed by atoms with E-state index in [1.54, 1.807) is 23.5 Å². The van der Waals surface area contributed by atoms with Gasteiger partial charge in [-0.05, 0) is 0 Å². The zero-order valence-corrected chi connectivity index (χ0v) is 13.3. The van der Waals surface area contributed by atoms with Crippen LogP contribution in [0.5, 0.6) is 0 Å². The monoisotopic (exact) mass is 326 g/mol. The summed E-state index contributed by atoms with van der Waals surface area (Å²) in [5.41, 5.74) is 8.72. The van der Waals surface area contributed by atoms with E-state index < -0.39 is 0 Å². The van der Waals surface area contributed by atoms with Crippen molar-refractivity contribution in [2.75, 3.05) is 0 Å². The van der Waals surface area contributed by atoms with Crippen molar-refractivity contribution in [3.63, 3.8) is 0 Å². The Hall–Kier alpha value is -1.92. The van der Waals surface area contributed by atoms with Crippen LogP contribution < -0.4 is 10.9 Å². The summed E-state index contributed by atoms with van der Waals surface area (Å²) < 4.78 is 0. The number of thioether (sulfide) groups is 2. The molecule has 4 nitrogen and oxygen atoms in total. The molecule has 4 rings (SSSR count). The van der Waals surface area contributed by atoms with Gasteiger partial charge in [-0.25, -0.2) is 0 Å². The summed E-state index contributed by atoms with van der Waals surface area (Å²) in [7, 11) is 0. The molecule has 0 aromatic heterocycles. The molecule has 2 aromatic carbocycles. The summed E-state index contributed by atoms with van der Waals surface area (Å²) in [6.07, 6.45) is 0. The van der Waals surface area contributed by atoms with Crippen LogP contribution in [-0.4, -0.2) is 20.8 Å². The van der Waals surface area contributed by atoms with Gasteiger partial charge in [0.2, 0.25) is 0 Å². The van der Waals surface area contributed by atoms with Gasteiger partial charge < -0.3 is 0 Å². The largest absolute Gasteiger partial charge is 0.292 e. The Kier molecular flexibility index (Phi) is 3.78. The van der Waals surface area contributed by atoms with Crippen molar-refractivity contribution in [2.45, 2.75) is 10.7 Å². The average molecular weight is 326 g/mol. The lowest BCUT2D eigenvalue weighted by Gasteiger charge is -2.15. The molecule has 110 valence electrons. The third-order valence-corrected chi connectivity index (χ3v) is 5.92. The molecule has 2 N–H and O–H groups in total. The molecule has 2 heterocycles. The lowest BCUT2D eigenvalue weighted by Crippen LogP contribution is -2.35. The maximum atomic E-state index is 4.46. The molecular formula is C16H14N4S2. The van der Waals surface area contributed by atoms with Gasteiger partial charge >= 0.3 is 0 Å². The number of benzene rings is 2. The standard InChI is InChI=1S/C16H14N4S2/c1-3-7-11(8-4-1)13-17-19-15(21-13)16-20-18-14(22-16)12-9-5-2-6-10-12/h1-10,15-16,19-20H. The maximum absolute atomic E-state index is 4.46. The summed E-state index contributed by atoms with van der Waals surface area (Å²) in [4.78, 5) is 0. The highest BCUT2D eigenvalue weighted by molar-refractivity contribution is 8.18. The summed E-state index contributed by atoms with van der Waals surface area (Å²) in [5.74, 6) is 0. The van der Waals surface area contributed by atoms with Crippen LogP contribution in [0.25, 0.3) is 0 Å². The maximum Gasteiger partial charge on any atom is 0.127 e. The van der Waals surface area contributed by atoms with Crippen LogP contribution in [0, 0.1) is 0 Å². The van der Waals surface area contributed by atoms with Crippen molar-refractivity contribution < 1.29 is 0 Å². The summed E-state index contributed by atoms with van der Waals surface area (Å²) in [5, 5.41) is 11.3. The highest BCUT2D eigenvalue weighted by Crippen LogP contribution is 2.33. The van der Waals surface area contributed by atoms with E-state index in [-0.39, 0.29) is 10.7 Å². The number of nitrogens with one attached hydrogen (secondary N) is 2. The van der Waals surface area contributed by atoms with Crippen LogP contribution in [-0.2, 0) is 0 Å². The third kappa shape index (κ3) is 2.71. The van der Waals surface area contributed by atoms with Gasteiger partial charge in [-0.1, -0.05) is 84.2 Å². The van der Waals surface area contributed by atoms with E-state index in [2.05, 4.69) is 45.3 Å². The van der Waals surface area contributed by atoms with Gasteiger partial charge in [0.15, 0.2) is 0 Å². The van der Waals surface area contributed by atoms with Crippen LogP contribution in [0.3, 0.4) is 0 Å². The topological polar surface area (TPSA) is 48.8 Å². The van der Waals surface area contributed by atoms with E-state index in [1.807, 2.05) is 36.4 Å². The van der Waals surface area contributed by atoms with Gasteiger partial charge in [-0.15, -0.1) is 0 Å². The normalized spacial score (nSPS) is 23.5. The van der Waals surface area contributed by atoms with Crippen molar-refractivity contribution in [3.05, 3.63) is 71.8 Å². The lowest BCUT2D eigenvalue weighted by atomic mass is 10.2. The van der Waals surface area contributed by atoms with Gasteiger partial charge in [-0.3, -0.25) is 10.9 Å². The van der Waals surface area contributed by atoms with Crippen LogP contribution in [0.1, 0.15) is 11.1 Å². The molecule has 2 aliphatic heterocycles. The smallest absolute Gasteiger partial charge is 0.127 e. The molecule has 0 fully saturated rings. The number of hydrazone groups is 2. The Morgan fingerprint density at radius 2 is 1.05 bits per heavy atom. The second-order valence-electron chi connectivity index (χ2n) is 4.90. The first-order valence-corrected chi connectivity index (χ1v) is 8.77. The Bertz CT molecular complexity index is 652. The van der Waals surface area contributed by atoms with E-state index >= 15 is 0 Å². The molecule has 0 spiro atoms. The minimum Gasteiger partial charge on any atom is -0.292 e. The highest BCUT2D eigenvalue weighted by Gasteiger charge is 2.33. The van der Waals surface area contributed by atoms with Gasteiger partial charge in [0.1, 0.15) is 20.8 Å². The SMILES string of the molecule is c1ccc(C2=NNC(C3NN=C(c4ccccc4)S3)S2)cc1. The molecule has 2 atom stereocenters. The van der Waals surface area contributed by atoms with Crippen molar-refractivity contribution in [1.82, 2.24) is 10.9 Å². The minimum atomic E-state index is 0.171. The van der Waals surface area contributed by atoms with E-state index in [4.69, 9.17) is 0 Å². The van der Waals surface area contributed by atoms with E-state index in [9.17, 15) is 0 Å². The first-order chi connectivity index (χ1) is 10.9. The van der Waals surface area contributed by atoms with Crippen LogP contribution in [0.4, 0.5) is 0 Å². The molecule has 2 unspecified atom stereocenters. The molecular weight excluding hydrogens is 312 g/mol. The van der Waals surface area contributed by atoms with Crippen LogP contribution in [0.2, 0.25) is 0 Å². The summed E-state index contributed by atoms with van der Waals surface area (Å²) in [6.45, 7) is 0. The van der Waals surface area contributed by atoms with Crippen molar-refractivity contribution in [3.8, 4) is 0 Å². The number of hydrogen-bond donors (Lipinski definition) is 2. The highest BCUT2D eigenvalue weighted by atomic mass is 32.2. The Labute approximate surface area is 137 Å². The first kappa shape index (κ1) is 13.7. The molecule has 6 heteroatoms. The zero-order chi connectivity index (χ0) is 14.8. The van der Waals surface area contributed by atoms with Crippen molar-refractivity contribution in [2.24, 2.45) is 10.2 Å². The Morgan fingerprint density at radius 3 is 1.45 bits per heavy atom.